The predicted octanol–water partition coefficient (Wildman–Crippen LogP) is 7.39. The molecule has 0 unspecified atom stereocenters. The van der Waals surface area contributed by atoms with Gasteiger partial charge < -0.3 is 46.8 Å². The summed E-state index contributed by atoms with van der Waals surface area (Å²) in [5.74, 6) is -2.78. The molecule has 0 aromatic heterocycles. The van der Waals surface area contributed by atoms with Gasteiger partial charge in [0.2, 0.25) is 0 Å². The van der Waals surface area contributed by atoms with Crippen LogP contribution in [0.15, 0.2) is 25.3 Å². The zero-order valence-electron chi connectivity index (χ0n) is 34.6. The maximum Gasteiger partial charge on any atom is 4.00 e. The summed E-state index contributed by atoms with van der Waals surface area (Å²) in [6, 6.07) is 0. The van der Waals surface area contributed by atoms with E-state index < -0.39 is 17.9 Å². The van der Waals surface area contributed by atoms with Crippen LogP contribution in [0.3, 0.4) is 0 Å². The molecule has 0 aliphatic heterocycles. The van der Waals surface area contributed by atoms with Gasteiger partial charge in [0.15, 0.2) is 0 Å². The molecule has 0 saturated heterocycles. The number of unbranched alkanes of at least 4 members (excludes halogenated alkanes) is 6. The van der Waals surface area contributed by atoms with Crippen molar-refractivity contribution in [3.8, 4) is 0 Å². The Morgan fingerprint density at radius 3 is 0.760 bits per heavy atom. The summed E-state index contributed by atoms with van der Waals surface area (Å²) in [6.45, 7) is 36.4. The van der Waals surface area contributed by atoms with Crippen molar-refractivity contribution >= 4 is 17.9 Å². The number of carbonyl (C=O) groups is 3. The fourth-order valence-corrected chi connectivity index (χ4v) is 3.30. The molecule has 50 heavy (non-hydrogen) atoms. The van der Waals surface area contributed by atoms with E-state index in [1.54, 1.807) is 0 Å². The normalized spacial score (nSPS) is 10.5. The molecule has 0 amide bonds. The molecule has 0 rings (SSSR count). The summed E-state index contributed by atoms with van der Waals surface area (Å²) in [5, 5.41) is 45.7. The first kappa shape index (κ1) is 63.7. The Kier molecular flexibility index (Phi) is 51.6. The maximum absolute atomic E-state index is 10.0. The van der Waals surface area contributed by atoms with Gasteiger partial charge in [-0.15, -0.1) is 13.2 Å². The quantitative estimate of drug-likeness (QED) is 0.0876. The minimum Gasteiger partial charge on any atom is -0.550 e. The van der Waals surface area contributed by atoms with E-state index in [0.717, 1.165) is 57.8 Å². The standard InChI is InChI=1S/3C10H20O2.C5H11.2C3H6O.Zr/c3*1-10(2,3)8-6-4-5-7-9(11)12;1-5(2,3)4;2*1-2-3-4;/h3*4-8H2,1-3H3,(H,11,12);1H2,2-4H3;2*2,4H,1,3H2;/q;;;-1;;;+4/p-3. The fourth-order valence-electron chi connectivity index (χ4n) is 3.30. The van der Waals surface area contributed by atoms with Crippen molar-refractivity contribution in [1.82, 2.24) is 0 Å². The molecule has 0 radical (unpaired) electrons. The van der Waals surface area contributed by atoms with Crippen LogP contribution in [0, 0.1) is 28.6 Å². The molecule has 2 N–H and O–H groups in total. The average Bonchev–Trinajstić information content (AvgIpc) is 2.90. The number of carbonyl (C=O) groups excluding carboxylic acids is 3. The van der Waals surface area contributed by atoms with Gasteiger partial charge in [0, 0.05) is 17.9 Å². The Morgan fingerprint density at radius 2 is 0.660 bits per heavy atom. The molecule has 0 spiro atoms. The summed E-state index contributed by atoms with van der Waals surface area (Å²) in [5.41, 5.74) is 1.38. The number of carboxylic acids is 3. The molecule has 0 aromatic rings. The molecule has 0 aliphatic carbocycles. The van der Waals surface area contributed by atoms with E-state index in [0.29, 0.717) is 16.2 Å². The van der Waals surface area contributed by atoms with Gasteiger partial charge in [0.1, 0.15) is 0 Å². The Labute approximate surface area is 329 Å². The van der Waals surface area contributed by atoms with Crippen molar-refractivity contribution < 1.29 is 66.1 Å². The van der Waals surface area contributed by atoms with E-state index in [1.807, 2.05) is 0 Å². The van der Waals surface area contributed by atoms with Crippen molar-refractivity contribution in [3.63, 3.8) is 0 Å². The number of rotatable bonds is 17. The predicted molar refractivity (Wildman–Crippen MR) is 202 cm³/mol. The van der Waals surface area contributed by atoms with Gasteiger partial charge in [-0.2, -0.15) is 5.41 Å². The van der Waals surface area contributed by atoms with Crippen molar-refractivity contribution in [1.29, 1.82) is 0 Å². The van der Waals surface area contributed by atoms with Crippen LogP contribution in [0.25, 0.3) is 0 Å². The van der Waals surface area contributed by atoms with Gasteiger partial charge in [-0.3, -0.25) is 0 Å². The maximum atomic E-state index is 10.0. The Morgan fingerprint density at radius 1 is 0.500 bits per heavy atom. The van der Waals surface area contributed by atoms with E-state index in [-0.39, 0.29) is 64.1 Å². The van der Waals surface area contributed by atoms with Crippen LogP contribution in [0.4, 0.5) is 0 Å². The topological polar surface area (TPSA) is 161 Å². The molecule has 0 atom stereocenters. The zero-order chi connectivity index (χ0) is 40.2. The van der Waals surface area contributed by atoms with Gasteiger partial charge >= 0.3 is 26.2 Å². The van der Waals surface area contributed by atoms with Crippen LogP contribution in [-0.4, -0.2) is 41.3 Å². The average molecular weight is 792 g/mol. The SMILES string of the molecule is C=CCO.C=CCO.CC(C)(C)CCCCCC(=O)[O-].CC(C)(C)CCCCCC(=O)[O-].CC(C)(C)CCCCCC(=O)[O-].[CH2-]C(C)(C)C.[Zr+4]. The monoisotopic (exact) mass is 790 g/mol. The van der Waals surface area contributed by atoms with Crippen LogP contribution < -0.4 is 15.3 Å². The number of aliphatic hydroxyl groups is 2. The number of aliphatic hydroxyl groups excluding tert-OH is 2. The summed E-state index contributed by atoms with van der Waals surface area (Å²) in [6.07, 6.45) is 15.7. The summed E-state index contributed by atoms with van der Waals surface area (Å²) < 4.78 is 0. The molecule has 296 valence electrons. The molecule has 0 aromatic carbocycles. The van der Waals surface area contributed by atoms with E-state index in [2.05, 4.69) is 103 Å². The Bertz CT molecular complexity index is 673. The van der Waals surface area contributed by atoms with E-state index in [4.69, 9.17) is 10.2 Å². The van der Waals surface area contributed by atoms with E-state index >= 15 is 0 Å². The number of carboxylic acid groups (broad SMARTS) is 3. The third-order valence-corrected chi connectivity index (χ3v) is 5.68. The first-order chi connectivity index (χ1) is 22.1. The van der Waals surface area contributed by atoms with Crippen molar-refractivity contribution in [3.05, 3.63) is 32.2 Å². The molecule has 8 nitrogen and oxygen atoms in total. The molecule has 9 heteroatoms. The van der Waals surface area contributed by atoms with Gasteiger partial charge in [-0.25, -0.2) is 0 Å². The zero-order valence-corrected chi connectivity index (χ0v) is 37.1. The van der Waals surface area contributed by atoms with Gasteiger partial charge in [0.25, 0.3) is 0 Å². The molecular weight excluding hydrogens is 712 g/mol. The fraction of sp³-hybridized carbons (Fsp3) is 0.805. The van der Waals surface area contributed by atoms with Crippen molar-refractivity contribution in [2.75, 3.05) is 13.2 Å². The van der Waals surface area contributed by atoms with Gasteiger partial charge in [-0.05, 0) is 74.0 Å². The third-order valence-electron chi connectivity index (χ3n) is 5.68. The minimum atomic E-state index is -0.925. The van der Waals surface area contributed by atoms with Gasteiger partial charge in [0.05, 0.1) is 13.2 Å². The Balaban J connectivity index is -0.0000000935. The van der Waals surface area contributed by atoms with Gasteiger partial charge in [-0.1, -0.05) is 134 Å². The second kappa shape index (κ2) is 40.5. The third kappa shape index (κ3) is 127. The number of hydrogen-bond donors (Lipinski definition) is 2. The van der Waals surface area contributed by atoms with Crippen LogP contribution in [-0.2, 0) is 40.6 Å². The summed E-state index contributed by atoms with van der Waals surface area (Å²) in [4.78, 5) is 30.1. The second-order valence-electron chi connectivity index (χ2n) is 17.0. The smallest absolute Gasteiger partial charge is 0.550 e. The van der Waals surface area contributed by atoms with Crippen LogP contribution in [0.5, 0.6) is 0 Å². The molecule has 0 saturated carbocycles. The molecule has 0 bridgehead atoms. The molecular formula is C41H80O8Zr. The van der Waals surface area contributed by atoms with E-state index in [9.17, 15) is 29.7 Å². The van der Waals surface area contributed by atoms with Crippen LogP contribution >= 0.6 is 0 Å². The number of aliphatic carboxylic acids is 3. The van der Waals surface area contributed by atoms with Crippen LogP contribution in [0.2, 0.25) is 0 Å². The van der Waals surface area contributed by atoms with E-state index in [1.165, 1.54) is 31.4 Å². The first-order valence-electron chi connectivity index (χ1n) is 18.0. The van der Waals surface area contributed by atoms with Crippen molar-refractivity contribution in [2.45, 2.75) is 179 Å². The molecule has 0 aliphatic rings. The minimum absolute atomic E-state index is 0. The van der Waals surface area contributed by atoms with Crippen molar-refractivity contribution in [2.24, 2.45) is 21.7 Å². The van der Waals surface area contributed by atoms with Crippen LogP contribution in [0.1, 0.15) is 179 Å². The Hall–Kier alpha value is -1.31. The first-order valence-corrected chi connectivity index (χ1v) is 18.0. The summed E-state index contributed by atoms with van der Waals surface area (Å²) >= 11 is 0. The second-order valence-corrected chi connectivity index (χ2v) is 17.0. The molecule has 0 fully saturated rings. The summed E-state index contributed by atoms with van der Waals surface area (Å²) in [7, 11) is 0. The largest absolute Gasteiger partial charge is 4.00 e. The number of hydrogen-bond acceptors (Lipinski definition) is 8. The molecule has 0 heterocycles.